The van der Waals surface area contributed by atoms with Crippen molar-refractivity contribution >= 4 is 43.8 Å². The smallest absolute Gasteiger partial charge is 0.147 e. The summed E-state index contributed by atoms with van der Waals surface area (Å²) in [6.45, 7) is 16.5. The second kappa shape index (κ2) is 12.1. The van der Waals surface area contributed by atoms with E-state index in [1.807, 2.05) is 0 Å². The molecule has 0 radical (unpaired) electrons. The van der Waals surface area contributed by atoms with Crippen molar-refractivity contribution in [1.82, 2.24) is 0 Å². The van der Waals surface area contributed by atoms with E-state index in [9.17, 15) is 0 Å². The van der Waals surface area contributed by atoms with Gasteiger partial charge in [0.2, 0.25) is 0 Å². The Bertz CT molecular complexity index is 1840. The summed E-state index contributed by atoms with van der Waals surface area (Å²) in [4.78, 5) is 0. The summed E-state index contributed by atoms with van der Waals surface area (Å²) in [7, 11) is 0. The van der Waals surface area contributed by atoms with Crippen molar-refractivity contribution in [2.45, 2.75) is 58.1 Å². The molecule has 2 aliphatic rings. The van der Waals surface area contributed by atoms with Crippen LogP contribution in [0.3, 0.4) is 0 Å². The molecule has 6 rings (SSSR count). The molecule has 0 fully saturated rings. The van der Waals surface area contributed by atoms with E-state index in [0.717, 1.165) is 0 Å². The fourth-order valence-corrected chi connectivity index (χ4v) is 29.0. The van der Waals surface area contributed by atoms with Crippen LogP contribution in [-0.4, -0.2) is 6.88 Å². The maximum atomic E-state index is 2.77. The third-order valence-electron chi connectivity index (χ3n) is 10.0. The SMILES string of the molecule is CC1=Cc2c(-c3ccccc3)ccc(C)c2[CH]1[Zr]([CH3])([CH3])(=[SiH2])[CH]1C(C(C)C)=Cc2c(-c3cc(C)ccc3C)cccc21.Cl.Cl. The van der Waals surface area contributed by atoms with E-state index in [-0.39, 0.29) is 24.8 Å². The van der Waals surface area contributed by atoms with Crippen molar-refractivity contribution < 1.29 is 17.4 Å². The van der Waals surface area contributed by atoms with Crippen LogP contribution < -0.4 is 0 Å². The molecule has 4 aromatic carbocycles. The van der Waals surface area contributed by atoms with E-state index in [1.54, 1.807) is 22.3 Å². The van der Waals surface area contributed by atoms with E-state index in [0.29, 0.717) is 13.2 Å². The average molecular weight is 705 g/mol. The Labute approximate surface area is 274 Å². The fourth-order valence-electron chi connectivity index (χ4n) is 8.33. The van der Waals surface area contributed by atoms with Crippen LogP contribution in [0, 0.1) is 26.7 Å². The molecule has 0 saturated carbocycles. The standard InChI is InChI=1S/C20H21.C17H15.2CH3.2ClH.H2Si.Zr/c1-13(2)17-11-16-6-5-7-18(20(16)12-17)19-10-14(3)8-9-15(19)4;1-12-10-16-13(2)8-9-15(17(16)11-12)14-6-4-3-5-7-14;;;;;;/h5-13H,1-4H3;3-11H,1-2H3;2*1H3;2*1H;1H2;. The van der Waals surface area contributed by atoms with Crippen LogP contribution >= 0.6 is 24.8 Å². The molecule has 4 heteroatoms. The summed E-state index contributed by atoms with van der Waals surface area (Å²) in [5.41, 5.74) is 19.0. The minimum atomic E-state index is -3.65. The van der Waals surface area contributed by atoms with Crippen molar-refractivity contribution in [1.29, 1.82) is 0 Å². The Morgan fingerprint density at radius 3 is 2.00 bits per heavy atom. The van der Waals surface area contributed by atoms with Gasteiger partial charge in [-0.2, -0.15) is 0 Å². The van der Waals surface area contributed by atoms with Crippen LogP contribution in [0.1, 0.15) is 67.0 Å². The van der Waals surface area contributed by atoms with Gasteiger partial charge in [0.25, 0.3) is 0 Å². The van der Waals surface area contributed by atoms with Crippen LogP contribution in [0.2, 0.25) is 9.26 Å². The molecule has 0 N–H and O–H groups in total. The monoisotopic (exact) mass is 702 g/mol. The number of rotatable bonds is 5. The number of allylic oxidation sites excluding steroid dienone is 2. The Morgan fingerprint density at radius 2 is 1.33 bits per heavy atom. The number of aryl methyl sites for hydroxylation is 3. The summed E-state index contributed by atoms with van der Waals surface area (Å²) in [6.07, 6.45) is 5.16. The first-order valence-electron chi connectivity index (χ1n) is 15.2. The summed E-state index contributed by atoms with van der Waals surface area (Å²) in [6, 6.07) is 29.8. The van der Waals surface area contributed by atoms with Gasteiger partial charge in [-0.3, -0.25) is 0 Å². The van der Waals surface area contributed by atoms with Gasteiger partial charge in [-0.1, -0.05) is 0 Å². The van der Waals surface area contributed by atoms with Crippen LogP contribution in [0.4, 0.5) is 0 Å². The zero-order valence-corrected chi connectivity index (χ0v) is 32.4. The Hall–Kier alpha value is -1.96. The molecule has 0 aliphatic heterocycles. The number of halogens is 2. The molecule has 0 aromatic heterocycles. The predicted molar refractivity (Wildman–Crippen MR) is 195 cm³/mol. The average Bonchev–Trinajstić information content (AvgIpc) is 3.51. The van der Waals surface area contributed by atoms with Crippen molar-refractivity contribution in [2.24, 2.45) is 5.92 Å². The zero-order valence-electron chi connectivity index (χ0n) is 26.9. The summed E-state index contributed by atoms with van der Waals surface area (Å²) in [5.74, 6) is 0.512. The minimum absolute atomic E-state index is 0. The van der Waals surface area contributed by atoms with Gasteiger partial charge in [0.15, 0.2) is 0 Å². The maximum absolute atomic E-state index is 3.65. The third-order valence-corrected chi connectivity index (χ3v) is 27.6. The molecular weight excluding hydrogens is 659 g/mol. The van der Waals surface area contributed by atoms with Crippen LogP contribution in [-0.2, 0) is 17.4 Å². The largest absolute Gasteiger partial charge is 0.147 e. The molecule has 43 heavy (non-hydrogen) atoms. The second-order valence-corrected chi connectivity index (χ2v) is 44.7. The number of hydrogen-bond acceptors (Lipinski definition) is 0. The molecular formula is C39H46Cl2SiZr. The van der Waals surface area contributed by atoms with Crippen LogP contribution in [0.25, 0.3) is 34.4 Å². The molecule has 0 bridgehead atoms. The van der Waals surface area contributed by atoms with Gasteiger partial charge in [0.1, 0.15) is 0 Å². The Balaban J connectivity index is 0.00000212. The van der Waals surface area contributed by atoms with Crippen LogP contribution in [0.15, 0.2) is 90.0 Å². The summed E-state index contributed by atoms with van der Waals surface area (Å²) in [5, 5.41) is 0. The van der Waals surface area contributed by atoms with Gasteiger partial charge in [-0.05, 0) is 0 Å². The first kappa shape index (κ1) is 33.9. The van der Waals surface area contributed by atoms with Gasteiger partial charge in [-0.15, -0.1) is 24.8 Å². The van der Waals surface area contributed by atoms with Crippen molar-refractivity contribution in [3.05, 3.63) is 129 Å². The number of benzene rings is 4. The van der Waals surface area contributed by atoms with E-state index >= 15 is 0 Å². The normalized spacial score (nSPS) is 17.4. The summed E-state index contributed by atoms with van der Waals surface area (Å²) >= 11 is -3.65. The Kier molecular flexibility index (Phi) is 9.54. The van der Waals surface area contributed by atoms with Gasteiger partial charge < -0.3 is 0 Å². The fraction of sp³-hybridized carbons (Fsp3) is 0.282. The molecule has 4 aromatic rings. The Morgan fingerprint density at radius 1 is 0.651 bits per heavy atom. The zero-order chi connectivity index (χ0) is 29.3. The first-order valence-corrected chi connectivity index (χ1v) is 28.9. The van der Waals surface area contributed by atoms with E-state index < -0.39 is 17.4 Å². The van der Waals surface area contributed by atoms with Crippen LogP contribution in [0.5, 0.6) is 0 Å². The van der Waals surface area contributed by atoms with E-state index in [4.69, 9.17) is 0 Å². The van der Waals surface area contributed by atoms with E-state index in [2.05, 4.69) is 149 Å². The van der Waals surface area contributed by atoms with Crippen molar-refractivity contribution in [2.75, 3.05) is 0 Å². The number of fused-ring (bicyclic) bond motifs is 2. The molecule has 224 valence electrons. The molecule has 2 atom stereocenters. The van der Waals surface area contributed by atoms with Gasteiger partial charge in [0, 0.05) is 0 Å². The molecule has 0 amide bonds. The van der Waals surface area contributed by atoms with Crippen molar-refractivity contribution in [3.8, 4) is 22.3 Å². The molecule has 0 spiro atoms. The molecule has 0 saturated heterocycles. The maximum Gasteiger partial charge on any atom is -0.147 e. The topological polar surface area (TPSA) is 0 Å². The molecule has 2 unspecified atom stereocenters. The quantitative estimate of drug-likeness (QED) is 0.181. The number of hydrogen-bond donors (Lipinski definition) is 0. The second-order valence-electron chi connectivity index (χ2n) is 14.2. The van der Waals surface area contributed by atoms with Gasteiger partial charge >= 0.3 is 252 Å². The first-order chi connectivity index (χ1) is 19.4. The van der Waals surface area contributed by atoms with Gasteiger partial charge in [0.05, 0.1) is 0 Å². The van der Waals surface area contributed by atoms with E-state index in [1.165, 1.54) is 50.1 Å². The van der Waals surface area contributed by atoms with Gasteiger partial charge in [-0.25, -0.2) is 0 Å². The predicted octanol–water partition coefficient (Wildman–Crippen LogP) is 11.4. The summed E-state index contributed by atoms with van der Waals surface area (Å²) < 4.78 is 6.59. The molecule has 0 nitrogen and oxygen atoms in total. The third kappa shape index (κ3) is 5.56. The molecule has 0 heterocycles. The molecule has 2 aliphatic carbocycles. The van der Waals surface area contributed by atoms with Crippen molar-refractivity contribution in [3.63, 3.8) is 0 Å². The minimum Gasteiger partial charge on any atom is -0.147 e.